The summed E-state index contributed by atoms with van der Waals surface area (Å²) in [6.45, 7) is 0. The molecule has 108 valence electrons. The van der Waals surface area contributed by atoms with E-state index in [9.17, 15) is 10.1 Å². The molecule has 0 bridgehead atoms. The maximum atomic E-state index is 10.9. The van der Waals surface area contributed by atoms with Crippen molar-refractivity contribution in [1.29, 1.82) is 0 Å². The Labute approximate surface area is 129 Å². The van der Waals surface area contributed by atoms with Crippen LogP contribution in [-0.4, -0.2) is 27.0 Å². The summed E-state index contributed by atoms with van der Waals surface area (Å²) in [6, 6.07) is 14.7. The average molecular weight is 348 g/mol. The zero-order valence-corrected chi connectivity index (χ0v) is 13.3. The van der Waals surface area contributed by atoms with E-state index >= 15 is 0 Å². The fourth-order valence-electron chi connectivity index (χ4n) is 1.77. The van der Waals surface area contributed by atoms with Gasteiger partial charge in [0.15, 0.2) is 0 Å². The Morgan fingerprint density at radius 3 is 2.57 bits per heavy atom. The average Bonchev–Trinajstić information content (AvgIpc) is 2.52. The molecule has 0 N–H and O–H groups in total. The maximum absolute atomic E-state index is 10.9. The molecule has 0 aromatic heterocycles. The number of hydrogen-bond acceptors (Lipinski definition) is 3. The molecule has 2 aromatic rings. The number of rotatable bonds is 6. The summed E-state index contributed by atoms with van der Waals surface area (Å²) in [5.74, 6) is 0.830. The van der Waals surface area contributed by atoms with E-state index in [0.29, 0.717) is 0 Å². The standard InChI is InChI=1S/C16H15NO3Se/c1-20-14-10-8-13(9-11-14)5-4-12-21-16-7-3-2-6-15(16)17(18)19/h2-11H,12H2,1H3/b5-4+. The van der Waals surface area contributed by atoms with Crippen molar-refractivity contribution in [3.8, 4) is 5.75 Å². The summed E-state index contributed by atoms with van der Waals surface area (Å²) in [5.41, 5.74) is 1.31. The van der Waals surface area contributed by atoms with Crippen molar-refractivity contribution in [2.75, 3.05) is 7.11 Å². The molecular weight excluding hydrogens is 333 g/mol. The summed E-state index contributed by atoms with van der Waals surface area (Å²) >= 11 is 0.0621. The van der Waals surface area contributed by atoms with Gasteiger partial charge in [0.25, 0.3) is 0 Å². The van der Waals surface area contributed by atoms with E-state index in [1.165, 1.54) is 0 Å². The first-order valence-electron chi connectivity index (χ1n) is 6.37. The van der Waals surface area contributed by atoms with E-state index in [1.54, 1.807) is 19.2 Å². The number of nitro groups is 1. The molecule has 0 saturated carbocycles. The Hall–Kier alpha value is -2.10. The van der Waals surface area contributed by atoms with Gasteiger partial charge < -0.3 is 0 Å². The Balaban J connectivity index is 1.94. The second-order valence-electron chi connectivity index (χ2n) is 4.21. The molecule has 2 aromatic carbocycles. The van der Waals surface area contributed by atoms with Crippen LogP contribution in [0.5, 0.6) is 5.75 Å². The van der Waals surface area contributed by atoms with Crippen molar-refractivity contribution in [2.45, 2.75) is 5.32 Å². The van der Waals surface area contributed by atoms with E-state index in [2.05, 4.69) is 6.08 Å². The Morgan fingerprint density at radius 2 is 1.90 bits per heavy atom. The van der Waals surface area contributed by atoms with Gasteiger partial charge in [0.05, 0.1) is 0 Å². The van der Waals surface area contributed by atoms with Crippen LogP contribution in [0.15, 0.2) is 54.6 Å². The van der Waals surface area contributed by atoms with Crippen LogP contribution in [0.3, 0.4) is 0 Å². The molecule has 0 spiro atoms. The zero-order chi connectivity index (χ0) is 15.1. The molecule has 0 atom stereocenters. The summed E-state index contributed by atoms with van der Waals surface area (Å²) in [7, 11) is 1.64. The molecule has 0 fully saturated rings. The fourth-order valence-corrected chi connectivity index (χ4v) is 3.52. The first kappa shape index (κ1) is 15.3. The third kappa shape index (κ3) is 4.45. The summed E-state index contributed by atoms with van der Waals surface area (Å²) in [4.78, 5) is 10.6. The van der Waals surface area contributed by atoms with Crippen molar-refractivity contribution >= 4 is 31.2 Å². The van der Waals surface area contributed by atoms with E-state index in [4.69, 9.17) is 4.74 Å². The number of para-hydroxylation sites is 1. The van der Waals surface area contributed by atoms with E-state index < -0.39 is 0 Å². The van der Waals surface area contributed by atoms with Gasteiger partial charge >= 0.3 is 129 Å². The summed E-state index contributed by atoms with van der Waals surface area (Å²) < 4.78 is 5.93. The third-order valence-electron chi connectivity index (χ3n) is 2.82. The van der Waals surface area contributed by atoms with Gasteiger partial charge in [0.2, 0.25) is 0 Å². The monoisotopic (exact) mass is 349 g/mol. The third-order valence-corrected chi connectivity index (χ3v) is 4.95. The fraction of sp³-hybridized carbons (Fsp3) is 0.125. The Kier molecular flexibility index (Phi) is 5.55. The van der Waals surface area contributed by atoms with Crippen LogP contribution in [0.1, 0.15) is 5.56 Å². The van der Waals surface area contributed by atoms with Crippen molar-refractivity contribution in [1.82, 2.24) is 0 Å². The summed E-state index contributed by atoms with van der Waals surface area (Å²) in [6.07, 6.45) is 4.08. The Bertz CT molecular complexity index is 638. The molecule has 21 heavy (non-hydrogen) atoms. The van der Waals surface area contributed by atoms with E-state index in [0.717, 1.165) is 21.1 Å². The molecule has 5 heteroatoms. The minimum atomic E-state index is -0.315. The van der Waals surface area contributed by atoms with Crippen LogP contribution in [0, 0.1) is 10.1 Å². The first-order valence-corrected chi connectivity index (χ1v) is 8.44. The van der Waals surface area contributed by atoms with Crippen molar-refractivity contribution in [3.63, 3.8) is 0 Å². The molecule has 0 radical (unpaired) electrons. The number of nitro benzene ring substituents is 1. The zero-order valence-electron chi connectivity index (χ0n) is 11.6. The molecule has 0 aliphatic heterocycles. The van der Waals surface area contributed by atoms with Crippen LogP contribution in [-0.2, 0) is 0 Å². The first-order chi connectivity index (χ1) is 10.2. The van der Waals surface area contributed by atoms with E-state index in [-0.39, 0.29) is 25.6 Å². The number of methoxy groups -OCH3 is 1. The molecule has 2 rings (SSSR count). The molecule has 0 saturated heterocycles. The molecule has 0 aliphatic rings. The van der Waals surface area contributed by atoms with Gasteiger partial charge in [-0.15, -0.1) is 0 Å². The SMILES string of the molecule is COc1ccc(/C=C/C[Se]c2ccccc2[N+](=O)[O-])cc1. The predicted octanol–water partition coefficient (Wildman–Crippen LogP) is 3.06. The number of benzene rings is 2. The van der Waals surface area contributed by atoms with Crippen molar-refractivity contribution in [3.05, 3.63) is 70.3 Å². The molecule has 0 aliphatic carbocycles. The normalized spacial score (nSPS) is 10.7. The Morgan fingerprint density at radius 1 is 1.19 bits per heavy atom. The second-order valence-corrected chi connectivity index (χ2v) is 6.44. The quantitative estimate of drug-likeness (QED) is 0.458. The number of allylic oxidation sites excluding steroid dienone is 1. The summed E-state index contributed by atoms with van der Waals surface area (Å²) in [5, 5.41) is 11.7. The number of hydrogen-bond donors (Lipinski definition) is 0. The predicted molar refractivity (Wildman–Crippen MR) is 85.3 cm³/mol. The van der Waals surface area contributed by atoms with Crippen LogP contribution in [0.4, 0.5) is 5.69 Å². The molecule has 4 nitrogen and oxygen atoms in total. The minimum absolute atomic E-state index is 0.0621. The van der Waals surface area contributed by atoms with Crippen LogP contribution in [0.25, 0.3) is 6.08 Å². The number of nitrogens with zero attached hydrogens (tertiary/aromatic N) is 1. The van der Waals surface area contributed by atoms with Crippen LogP contribution < -0.4 is 9.20 Å². The topological polar surface area (TPSA) is 52.4 Å². The van der Waals surface area contributed by atoms with Gasteiger partial charge in [0, 0.05) is 0 Å². The molecule has 0 unspecified atom stereocenters. The van der Waals surface area contributed by atoms with Gasteiger partial charge in [-0.2, -0.15) is 0 Å². The second kappa shape index (κ2) is 7.62. The molecule has 0 amide bonds. The van der Waals surface area contributed by atoms with E-state index in [1.807, 2.05) is 42.5 Å². The number of ether oxygens (including phenoxy) is 1. The molecular formula is C16H15NO3Se. The van der Waals surface area contributed by atoms with Crippen LogP contribution in [0.2, 0.25) is 5.32 Å². The van der Waals surface area contributed by atoms with Gasteiger partial charge in [-0.05, 0) is 0 Å². The van der Waals surface area contributed by atoms with Gasteiger partial charge in [-0.3, -0.25) is 0 Å². The van der Waals surface area contributed by atoms with Crippen molar-refractivity contribution < 1.29 is 9.66 Å². The van der Waals surface area contributed by atoms with Gasteiger partial charge in [-0.25, -0.2) is 0 Å². The van der Waals surface area contributed by atoms with Gasteiger partial charge in [0.1, 0.15) is 0 Å². The van der Waals surface area contributed by atoms with Crippen molar-refractivity contribution in [2.24, 2.45) is 0 Å². The van der Waals surface area contributed by atoms with Gasteiger partial charge in [-0.1, -0.05) is 0 Å². The van der Waals surface area contributed by atoms with Crippen LogP contribution >= 0.6 is 0 Å². The molecule has 0 heterocycles.